The number of ether oxygens (including phenoxy) is 1. The van der Waals surface area contributed by atoms with E-state index in [0.29, 0.717) is 12.5 Å². The number of hydrogen-bond donors (Lipinski definition) is 0. The van der Waals surface area contributed by atoms with Gasteiger partial charge in [0.15, 0.2) is 0 Å². The summed E-state index contributed by atoms with van der Waals surface area (Å²) in [5, 5.41) is 8.88. The number of piperidine rings is 1. The van der Waals surface area contributed by atoms with Crippen molar-refractivity contribution in [3.8, 4) is 6.07 Å². The summed E-state index contributed by atoms with van der Waals surface area (Å²) >= 11 is 0. The fraction of sp³-hybridized carbons (Fsp3) is 0.500. The van der Waals surface area contributed by atoms with Crippen LogP contribution in [0.5, 0.6) is 0 Å². The lowest BCUT2D eigenvalue weighted by molar-refractivity contribution is 0.155. The molecule has 1 aliphatic rings. The van der Waals surface area contributed by atoms with Crippen LogP contribution in [0.15, 0.2) is 30.5 Å². The minimum Gasteiger partial charge on any atom is -0.377 e. The first kappa shape index (κ1) is 17.7. The van der Waals surface area contributed by atoms with Gasteiger partial charge < -0.3 is 9.30 Å². The molecule has 5 heteroatoms. The van der Waals surface area contributed by atoms with Gasteiger partial charge in [-0.2, -0.15) is 5.26 Å². The van der Waals surface area contributed by atoms with E-state index in [1.807, 2.05) is 18.3 Å². The van der Waals surface area contributed by atoms with Crippen LogP contribution < -0.4 is 0 Å². The van der Waals surface area contributed by atoms with Crippen LogP contribution in [0.25, 0.3) is 0 Å². The molecule has 2 aromatic rings. The molecule has 0 saturated carbocycles. The zero-order valence-electron chi connectivity index (χ0n) is 15.1. The topological polar surface area (TPSA) is 54.1 Å². The monoisotopic (exact) mass is 338 g/mol. The average Bonchev–Trinajstić information content (AvgIpc) is 2.98. The van der Waals surface area contributed by atoms with Crippen LogP contribution in [0.2, 0.25) is 0 Å². The van der Waals surface area contributed by atoms with Crippen molar-refractivity contribution < 1.29 is 4.74 Å². The summed E-state index contributed by atoms with van der Waals surface area (Å²) in [6.45, 7) is 6.94. The summed E-state index contributed by atoms with van der Waals surface area (Å²) in [6, 6.07) is 10.1. The second kappa shape index (κ2) is 8.28. The molecular formula is C20H26N4O. The zero-order valence-corrected chi connectivity index (χ0v) is 15.1. The van der Waals surface area contributed by atoms with Crippen molar-refractivity contribution >= 4 is 0 Å². The largest absolute Gasteiger partial charge is 0.377 e. The number of aryl methyl sites for hydroxylation is 1. The molecule has 0 aliphatic carbocycles. The highest BCUT2D eigenvalue weighted by Gasteiger charge is 2.21. The lowest BCUT2D eigenvalue weighted by Crippen LogP contribution is -2.34. The van der Waals surface area contributed by atoms with Gasteiger partial charge in [-0.3, -0.25) is 4.90 Å². The third-order valence-electron chi connectivity index (χ3n) is 5.05. The maximum absolute atomic E-state index is 8.88. The van der Waals surface area contributed by atoms with Gasteiger partial charge in [-0.15, -0.1) is 0 Å². The molecule has 0 radical (unpaired) electrons. The summed E-state index contributed by atoms with van der Waals surface area (Å²) in [5.74, 6) is 1.72. The van der Waals surface area contributed by atoms with Crippen LogP contribution in [0.1, 0.15) is 35.5 Å². The number of likely N-dealkylation sites (tertiary alicyclic amines) is 1. The summed E-state index contributed by atoms with van der Waals surface area (Å²) in [6.07, 6.45) is 4.36. The van der Waals surface area contributed by atoms with Crippen molar-refractivity contribution in [1.82, 2.24) is 14.5 Å². The number of hydrogen-bond acceptors (Lipinski definition) is 4. The average molecular weight is 338 g/mol. The van der Waals surface area contributed by atoms with Gasteiger partial charge in [-0.05, 0) is 56.5 Å². The van der Waals surface area contributed by atoms with E-state index in [-0.39, 0.29) is 0 Å². The van der Waals surface area contributed by atoms with Gasteiger partial charge in [-0.1, -0.05) is 12.1 Å². The fourth-order valence-corrected chi connectivity index (χ4v) is 3.53. The maximum Gasteiger partial charge on any atom is 0.134 e. The molecule has 1 aromatic carbocycles. The maximum atomic E-state index is 8.88. The van der Waals surface area contributed by atoms with E-state index < -0.39 is 0 Å². The minimum absolute atomic E-state index is 0.575. The Balaban J connectivity index is 1.52. The van der Waals surface area contributed by atoms with E-state index in [1.165, 1.54) is 24.1 Å². The SMILES string of the molecule is COCc1ncc(C)n1CC1CCN(Cc2ccc(C#N)cc2)CC1. The molecule has 1 aromatic heterocycles. The van der Waals surface area contributed by atoms with E-state index in [0.717, 1.165) is 37.6 Å². The third kappa shape index (κ3) is 4.47. The van der Waals surface area contributed by atoms with Crippen molar-refractivity contribution in [2.45, 2.75) is 39.5 Å². The molecule has 0 N–H and O–H groups in total. The van der Waals surface area contributed by atoms with E-state index in [2.05, 4.69) is 39.6 Å². The molecule has 0 amide bonds. The summed E-state index contributed by atoms with van der Waals surface area (Å²) in [5.41, 5.74) is 3.22. The summed E-state index contributed by atoms with van der Waals surface area (Å²) < 4.78 is 7.57. The number of nitriles is 1. The second-order valence-electron chi connectivity index (χ2n) is 6.89. The molecule has 0 unspecified atom stereocenters. The van der Waals surface area contributed by atoms with Crippen molar-refractivity contribution in [3.63, 3.8) is 0 Å². The predicted molar refractivity (Wildman–Crippen MR) is 96.8 cm³/mol. The molecule has 1 aliphatic heterocycles. The van der Waals surface area contributed by atoms with Crippen LogP contribution in [0.3, 0.4) is 0 Å². The Labute approximate surface area is 149 Å². The third-order valence-corrected chi connectivity index (χ3v) is 5.05. The Morgan fingerprint density at radius 1 is 1.24 bits per heavy atom. The Hall–Kier alpha value is -2.16. The molecule has 0 atom stereocenters. The van der Waals surface area contributed by atoms with Crippen LogP contribution in [-0.2, 0) is 24.4 Å². The van der Waals surface area contributed by atoms with Crippen molar-refractivity contribution in [3.05, 3.63) is 53.1 Å². The first-order chi connectivity index (χ1) is 12.2. The molecule has 0 bridgehead atoms. The molecule has 2 heterocycles. The second-order valence-corrected chi connectivity index (χ2v) is 6.89. The lowest BCUT2D eigenvalue weighted by atomic mass is 9.96. The molecule has 5 nitrogen and oxygen atoms in total. The zero-order chi connectivity index (χ0) is 17.6. The van der Waals surface area contributed by atoms with Crippen molar-refractivity contribution in [2.75, 3.05) is 20.2 Å². The predicted octanol–water partition coefficient (Wildman–Crippen LogP) is 3.12. The van der Waals surface area contributed by atoms with Crippen LogP contribution >= 0.6 is 0 Å². The highest BCUT2D eigenvalue weighted by Crippen LogP contribution is 2.22. The van der Waals surface area contributed by atoms with Gasteiger partial charge in [0.1, 0.15) is 12.4 Å². The highest BCUT2D eigenvalue weighted by atomic mass is 16.5. The highest BCUT2D eigenvalue weighted by molar-refractivity contribution is 5.31. The Morgan fingerprint density at radius 3 is 2.60 bits per heavy atom. The van der Waals surface area contributed by atoms with Gasteiger partial charge in [0.25, 0.3) is 0 Å². The quantitative estimate of drug-likeness (QED) is 0.812. The standard InChI is InChI=1S/C20H26N4O/c1-16-12-22-20(15-25-2)24(16)14-19-7-9-23(10-8-19)13-18-5-3-17(11-21)4-6-18/h3-6,12,19H,7-10,13-15H2,1-2H3. The first-order valence-corrected chi connectivity index (χ1v) is 8.91. The number of benzene rings is 1. The van der Waals surface area contributed by atoms with E-state index >= 15 is 0 Å². The normalized spacial score (nSPS) is 16.0. The number of nitrogens with zero attached hydrogens (tertiary/aromatic N) is 4. The van der Waals surface area contributed by atoms with Gasteiger partial charge in [0.2, 0.25) is 0 Å². The van der Waals surface area contributed by atoms with Gasteiger partial charge >= 0.3 is 0 Å². The molecule has 25 heavy (non-hydrogen) atoms. The number of methoxy groups -OCH3 is 1. The molecule has 1 fully saturated rings. The minimum atomic E-state index is 0.575. The lowest BCUT2D eigenvalue weighted by Gasteiger charge is -2.32. The molecule has 132 valence electrons. The van der Waals surface area contributed by atoms with Crippen molar-refractivity contribution in [2.24, 2.45) is 5.92 Å². The molecule has 0 spiro atoms. The van der Waals surface area contributed by atoms with Crippen LogP contribution in [0.4, 0.5) is 0 Å². The van der Waals surface area contributed by atoms with Crippen LogP contribution in [-0.4, -0.2) is 34.7 Å². The number of rotatable bonds is 6. The Bertz CT molecular complexity index is 721. The van der Waals surface area contributed by atoms with Crippen LogP contribution in [0, 0.1) is 24.2 Å². The van der Waals surface area contributed by atoms with E-state index in [9.17, 15) is 0 Å². The molecule has 1 saturated heterocycles. The smallest absolute Gasteiger partial charge is 0.134 e. The summed E-state index contributed by atoms with van der Waals surface area (Å²) in [4.78, 5) is 6.97. The molecular weight excluding hydrogens is 312 g/mol. The Kier molecular flexibility index (Phi) is 5.85. The number of imidazole rings is 1. The van der Waals surface area contributed by atoms with E-state index in [4.69, 9.17) is 10.00 Å². The summed E-state index contributed by atoms with van der Waals surface area (Å²) in [7, 11) is 1.72. The van der Waals surface area contributed by atoms with E-state index in [1.54, 1.807) is 7.11 Å². The van der Waals surface area contributed by atoms with Gasteiger partial charge in [0, 0.05) is 32.1 Å². The molecule has 3 rings (SSSR count). The fourth-order valence-electron chi connectivity index (χ4n) is 3.53. The first-order valence-electron chi connectivity index (χ1n) is 8.91. The Morgan fingerprint density at radius 2 is 1.96 bits per heavy atom. The van der Waals surface area contributed by atoms with Gasteiger partial charge in [-0.25, -0.2) is 4.98 Å². The number of aromatic nitrogens is 2. The van der Waals surface area contributed by atoms with Gasteiger partial charge in [0.05, 0.1) is 11.6 Å². The van der Waals surface area contributed by atoms with Crippen molar-refractivity contribution in [1.29, 1.82) is 5.26 Å².